The van der Waals surface area contributed by atoms with Crippen molar-refractivity contribution in [3.8, 4) is 6.07 Å². The Balaban J connectivity index is 1.71. The van der Waals surface area contributed by atoms with Gasteiger partial charge in [0.05, 0.1) is 6.07 Å². The first-order valence-corrected chi connectivity index (χ1v) is 6.24. The molecular weight excluding hydrogens is 186 g/mol. The second-order valence-electron chi connectivity index (χ2n) is 5.40. The molecule has 2 saturated heterocycles. The summed E-state index contributed by atoms with van der Waals surface area (Å²) in [4.78, 5) is 2.57. The Morgan fingerprint density at radius 1 is 1.27 bits per heavy atom. The molecule has 0 aromatic heterocycles. The Morgan fingerprint density at radius 2 is 2.13 bits per heavy atom. The van der Waals surface area contributed by atoms with Crippen LogP contribution in [0.5, 0.6) is 0 Å². The van der Waals surface area contributed by atoms with Gasteiger partial charge in [0.1, 0.15) is 5.54 Å². The Kier molecular flexibility index (Phi) is 2.22. The van der Waals surface area contributed by atoms with E-state index in [0.29, 0.717) is 12.1 Å². The molecule has 0 spiro atoms. The third-order valence-electron chi connectivity index (χ3n) is 4.18. The van der Waals surface area contributed by atoms with Crippen molar-refractivity contribution in [2.24, 2.45) is 0 Å². The summed E-state index contributed by atoms with van der Waals surface area (Å²) in [6.07, 6.45) is 7.26. The molecule has 3 nitrogen and oxygen atoms in total. The van der Waals surface area contributed by atoms with Crippen LogP contribution in [0.3, 0.4) is 0 Å². The highest BCUT2D eigenvalue weighted by molar-refractivity contribution is 5.14. The van der Waals surface area contributed by atoms with Gasteiger partial charge in [-0.2, -0.15) is 5.26 Å². The lowest BCUT2D eigenvalue weighted by Crippen LogP contribution is -2.55. The summed E-state index contributed by atoms with van der Waals surface area (Å²) in [6.45, 7) is 2.38. The van der Waals surface area contributed by atoms with Gasteiger partial charge in [-0.1, -0.05) is 0 Å². The maximum Gasteiger partial charge on any atom is 0.109 e. The summed E-state index contributed by atoms with van der Waals surface area (Å²) < 4.78 is 0. The van der Waals surface area contributed by atoms with E-state index in [1.807, 2.05) is 0 Å². The lowest BCUT2D eigenvalue weighted by Gasteiger charge is -2.40. The van der Waals surface area contributed by atoms with Crippen LogP contribution in [-0.4, -0.2) is 35.6 Å². The third kappa shape index (κ3) is 1.77. The molecule has 1 saturated carbocycles. The highest BCUT2D eigenvalue weighted by Gasteiger charge is 2.44. The Morgan fingerprint density at radius 3 is 2.87 bits per heavy atom. The molecule has 1 aliphatic carbocycles. The smallest absolute Gasteiger partial charge is 0.109 e. The minimum Gasteiger partial charge on any atom is -0.300 e. The van der Waals surface area contributed by atoms with E-state index < -0.39 is 0 Å². The van der Waals surface area contributed by atoms with Crippen LogP contribution in [0.2, 0.25) is 0 Å². The highest BCUT2D eigenvalue weighted by Crippen LogP contribution is 2.35. The fraction of sp³-hybridized carbons (Fsp3) is 0.917. The van der Waals surface area contributed by atoms with E-state index in [0.717, 1.165) is 19.4 Å². The second kappa shape index (κ2) is 3.47. The lowest BCUT2D eigenvalue weighted by molar-refractivity contribution is 0.135. The number of nitrogens with zero attached hydrogens (tertiary/aromatic N) is 2. The normalized spacial score (nSPS) is 41.1. The summed E-state index contributed by atoms with van der Waals surface area (Å²) in [7, 11) is 0. The van der Waals surface area contributed by atoms with Crippen LogP contribution in [-0.2, 0) is 0 Å². The predicted molar refractivity (Wildman–Crippen MR) is 58.3 cm³/mol. The van der Waals surface area contributed by atoms with E-state index in [1.165, 1.54) is 32.2 Å². The fourth-order valence-corrected chi connectivity index (χ4v) is 3.14. The minimum atomic E-state index is -0.188. The third-order valence-corrected chi connectivity index (χ3v) is 4.18. The van der Waals surface area contributed by atoms with E-state index in [1.54, 1.807) is 0 Å². The van der Waals surface area contributed by atoms with E-state index in [-0.39, 0.29) is 5.54 Å². The number of piperidine rings is 1. The molecule has 2 unspecified atom stereocenters. The molecule has 3 aliphatic rings. The summed E-state index contributed by atoms with van der Waals surface area (Å²) >= 11 is 0. The zero-order valence-corrected chi connectivity index (χ0v) is 9.21. The van der Waals surface area contributed by atoms with Gasteiger partial charge in [-0.3, -0.25) is 5.32 Å². The van der Waals surface area contributed by atoms with E-state index in [4.69, 9.17) is 0 Å². The monoisotopic (exact) mass is 205 g/mol. The van der Waals surface area contributed by atoms with Gasteiger partial charge in [0.25, 0.3) is 0 Å². The first-order chi connectivity index (χ1) is 7.31. The van der Waals surface area contributed by atoms with Gasteiger partial charge in [-0.05, 0) is 45.1 Å². The van der Waals surface area contributed by atoms with Crippen molar-refractivity contribution in [3.63, 3.8) is 0 Å². The van der Waals surface area contributed by atoms with Crippen LogP contribution in [0.15, 0.2) is 0 Å². The van der Waals surface area contributed by atoms with Gasteiger partial charge < -0.3 is 4.90 Å². The van der Waals surface area contributed by atoms with Crippen molar-refractivity contribution in [2.75, 3.05) is 13.1 Å². The summed E-state index contributed by atoms with van der Waals surface area (Å²) in [5, 5.41) is 13.0. The number of nitriles is 1. The zero-order chi connectivity index (χ0) is 10.3. The Bertz CT molecular complexity index is 292. The number of fused-ring (bicyclic) bond motifs is 1. The first kappa shape index (κ1) is 9.62. The van der Waals surface area contributed by atoms with Gasteiger partial charge in [-0.15, -0.1) is 0 Å². The molecule has 0 aromatic rings. The quantitative estimate of drug-likeness (QED) is 0.737. The average molecular weight is 205 g/mol. The Hall–Kier alpha value is -0.590. The maximum absolute atomic E-state index is 9.41. The van der Waals surface area contributed by atoms with Crippen LogP contribution in [0.4, 0.5) is 0 Å². The summed E-state index contributed by atoms with van der Waals surface area (Å²) in [6, 6.07) is 3.90. The largest absolute Gasteiger partial charge is 0.300 e. The molecule has 1 N–H and O–H groups in total. The molecule has 0 radical (unpaired) electrons. The average Bonchev–Trinajstić information content (AvgIpc) is 2.94. The van der Waals surface area contributed by atoms with Crippen molar-refractivity contribution in [1.29, 1.82) is 5.26 Å². The molecular formula is C12H19N3. The number of hydrogen-bond acceptors (Lipinski definition) is 3. The summed E-state index contributed by atoms with van der Waals surface area (Å²) in [5.74, 6) is 0. The highest BCUT2D eigenvalue weighted by atomic mass is 15.2. The van der Waals surface area contributed by atoms with Gasteiger partial charge in [0, 0.05) is 18.6 Å². The number of hydrogen-bond donors (Lipinski definition) is 1. The minimum absolute atomic E-state index is 0.188. The molecule has 0 amide bonds. The van der Waals surface area contributed by atoms with Crippen LogP contribution >= 0.6 is 0 Å². The van der Waals surface area contributed by atoms with E-state index in [2.05, 4.69) is 16.3 Å². The van der Waals surface area contributed by atoms with E-state index >= 15 is 0 Å². The molecule has 2 atom stereocenters. The van der Waals surface area contributed by atoms with Crippen LogP contribution in [0.1, 0.15) is 38.5 Å². The van der Waals surface area contributed by atoms with Gasteiger partial charge in [0.2, 0.25) is 0 Å². The maximum atomic E-state index is 9.41. The zero-order valence-electron chi connectivity index (χ0n) is 9.21. The molecule has 2 heterocycles. The number of nitrogens with one attached hydrogen (secondary N) is 1. The molecule has 15 heavy (non-hydrogen) atoms. The van der Waals surface area contributed by atoms with Crippen LogP contribution in [0, 0.1) is 11.3 Å². The number of rotatable bonds is 2. The van der Waals surface area contributed by atoms with Crippen molar-refractivity contribution in [3.05, 3.63) is 0 Å². The predicted octanol–water partition coefficient (Wildman–Crippen LogP) is 1.26. The van der Waals surface area contributed by atoms with Gasteiger partial charge >= 0.3 is 0 Å². The molecule has 3 rings (SSSR count). The molecule has 3 heteroatoms. The van der Waals surface area contributed by atoms with Crippen LogP contribution < -0.4 is 5.32 Å². The topological polar surface area (TPSA) is 39.1 Å². The molecule has 82 valence electrons. The second-order valence-corrected chi connectivity index (χ2v) is 5.40. The summed E-state index contributed by atoms with van der Waals surface area (Å²) in [5.41, 5.74) is -0.188. The van der Waals surface area contributed by atoms with E-state index in [9.17, 15) is 5.26 Å². The molecule has 3 fully saturated rings. The van der Waals surface area contributed by atoms with Gasteiger partial charge in [0.15, 0.2) is 0 Å². The van der Waals surface area contributed by atoms with Gasteiger partial charge in [-0.25, -0.2) is 0 Å². The molecule has 0 bridgehead atoms. The van der Waals surface area contributed by atoms with Crippen molar-refractivity contribution in [1.82, 2.24) is 10.2 Å². The first-order valence-electron chi connectivity index (χ1n) is 6.24. The van der Waals surface area contributed by atoms with Crippen molar-refractivity contribution >= 4 is 0 Å². The molecule has 2 aliphatic heterocycles. The fourth-order valence-electron chi connectivity index (χ4n) is 3.14. The standard InChI is InChI=1S/C12H19N3/c13-9-12(14-10-3-4-10)5-7-15-6-1-2-11(15)8-12/h10-11,14H,1-8H2. The SMILES string of the molecule is N#CC1(NC2CC2)CCN2CCCC2C1. The lowest BCUT2D eigenvalue weighted by atomic mass is 9.84. The molecule has 0 aromatic carbocycles. The van der Waals surface area contributed by atoms with Crippen molar-refractivity contribution in [2.45, 2.75) is 56.1 Å². The van der Waals surface area contributed by atoms with Crippen LogP contribution in [0.25, 0.3) is 0 Å². The Labute approximate surface area is 91.4 Å². The van der Waals surface area contributed by atoms with Crippen molar-refractivity contribution < 1.29 is 0 Å².